The second kappa shape index (κ2) is 7.35. The van der Waals surface area contributed by atoms with Crippen molar-refractivity contribution >= 4 is 11.6 Å². The minimum Gasteiger partial charge on any atom is -0.378 e. The number of carbonyl (C=O) groups is 1. The second-order valence-electron chi connectivity index (χ2n) is 8.20. The van der Waals surface area contributed by atoms with Crippen LogP contribution < -0.4 is 10.2 Å². The first-order valence-electron chi connectivity index (χ1n) is 9.75. The Morgan fingerprint density at radius 1 is 1.26 bits per heavy atom. The first-order chi connectivity index (χ1) is 13.0. The quantitative estimate of drug-likeness (QED) is 0.850. The van der Waals surface area contributed by atoms with Crippen molar-refractivity contribution in [1.82, 2.24) is 15.4 Å². The number of amides is 1. The zero-order valence-electron chi connectivity index (χ0n) is 16.3. The molecule has 2 heterocycles. The monoisotopic (exact) mass is 368 g/mol. The molecule has 1 N–H and O–H groups in total. The molecule has 2 aromatic rings. The Morgan fingerprint density at radius 2 is 2.00 bits per heavy atom. The highest BCUT2D eigenvalue weighted by molar-refractivity contribution is 5.92. The van der Waals surface area contributed by atoms with E-state index >= 15 is 0 Å². The number of hydrogen-bond donors (Lipinski definition) is 1. The van der Waals surface area contributed by atoms with E-state index in [1.165, 1.54) is 11.3 Å². The van der Waals surface area contributed by atoms with E-state index in [2.05, 4.69) is 51.5 Å². The van der Waals surface area contributed by atoms with Crippen molar-refractivity contribution in [2.75, 3.05) is 32.1 Å². The van der Waals surface area contributed by atoms with Gasteiger partial charge in [0.05, 0.1) is 0 Å². The summed E-state index contributed by atoms with van der Waals surface area (Å²) in [5, 5.41) is 7.10. The van der Waals surface area contributed by atoms with Gasteiger partial charge in [-0.15, -0.1) is 0 Å². The summed E-state index contributed by atoms with van der Waals surface area (Å²) in [7, 11) is 4.10. The highest BCUT2D eigenvalue weighted by Crippen LogP contribution is 2.40. The van der Waals surface area contributed by atoms with Crippen LogP contribution in [0.15, 0.2) is 34.9 Å². The highest BCUT2D eigenvalue weighted by Gasteiger charge is 2.33. The lowest BCUT2D eigenvalue weighted by Crippen LogP contribution is -2.39. The molecule has 1 aliphatic heterocycles. The SMILES string of the molecule is C[C@H]1CN(Cc2ccc(N(C)C)cc2)C[C@@H]1NC(=O)c1cc(C2CC2)on1. The van der Waals surface area contributed by atoms with Crippen LogP contribution in [0.25, 0.3) is 0 Å². The molecule has 0 unspecified atom stereocenters. The zero-order valence-corrected chi connectivity index (χ0v) is 16.3. The average Bonchev–Trinajstić information content (AvgIpc) is 3.27. The molecular formula is C21H28N4O2. The fraction of sp³-hybridized carbons (Fsp3) is 0.524. The third-order valence-corrected chi connectivity index (χ3v) is 5.60. The standard InChI is InChI=1S/C21H28N4O2/c1-14-11-25(12-15-4-8-17(9-5-15)24(2)3)13-19(14)22-21(26)18-10-20(27-23-18)16-6-7-16/h4-5,8-10,14,16,19H,6-7,11-13H2,1-3H3,(H,22,26)/t14-,19-/m0/s1. The van der Waals surface area contributed by atoms with Crippen molar-refractivity contribution in [2.24, 2.45) is 5.92 Å². The number of rotatable bonds is 6. The van der Waals surface area contributed by atoms with Crippen molar-refractivity contribution in [3.05, 3.63) is 47.3 Å². The Kier molecular flexibility index (Phi) is 4.91. The lowest BCUT2D eigenvalue weighted by Gasteiger charge is -2.18. The summed E-state index contributed by atoms with van der Waals surface area (Å²) in [5.74, 6) is 1.60. The summed E-state index contributed by atoms with van der Waals surface area (Å²) in [4.78, 5) is 17.0. The van der Waals surface area contributed by atoms with E-state index in [1.54, 1.807) is 6.07 Å². The Morgan fingerprint density at radius 3 is 2.67 bits per heavy atom. The van der Waals surface area contributed by atoms with Gasteiger partial charge in [-0.1, -0.05) is 24.2 Å². The zero-order chi connectivity index (χ0) is 19.0. The molecule has 27 heavy (non-hydrogen) atoms. The van der Waals surface area contributed by atoms with Gasteiger partial charge in [-0.05, 0) is 36.5 Å². The number of nitrogens with one attached hydrogen (secondary N) is 1. The summed E-state index contributed by atoms with van der Waals surface area (Å²) < 4.78 is 5.30. The van der Waals surface area contributed by atoms with Gasteiger partial charge in [0.2, 0.25) is 0 Å². The van der Waals surface area contributed by atoms with E-state index in [0.717, 1.165) is 38.2 Å². The number of carbonyl (C=O) groups excluding carboxylic acids is 1. The van der Waals surface area contributed by atoms with Crippen molar-refractivity contribution in [3.8, 4) is 0 Å². The summed E-state index contributed by atoms with van der Waals surface area (Å²) in [6.45, 7) is 4.93. The number of benzene rings is 1. The molecule has 6 nitrogen and oxygen atoms in total. The molecule has 1 saturated carbocycles. The molecule has 1 aliphatic carbocycles. The molecule has 1 saturated heterocycles. The molecule has 0 bridgehead atoms. The normalized spacial score (nSPS) is 22.8. The molecule has 0 spiro atoms. The van der Waals surface area contributed by atoms with Gasteiger partial charge in [0.15, 0.2) is 5.69 Å². The van der Waals surface area contributed by atoms with E-state index in [9.17, 15) is 4.79 Å². The summed E-state index contributed by atoms with van der Waals surface area (Å²) >= 11 is 0. The van der Waals surface area contributed by atoms with Crippen LogP contribution in [-0.2, 0) is 6.54 Å². The fourth-order valence-electron chi connectivity index (χ4n) is 3.74. The fourth-order valence-corrected chi connectivity index (χ4v) is 3.74. The molecule has 2 atom stereocenters. The van der Waals surface area contributed by atoms with E-state index in [0.29, 0.717) is 17.5 Å². The smallest absolute Gasteiger partial charge is 0.273 e. The molecule has 0 radical (unpaired) electrons. The lowest BCUT2D eigenvalue weighted by atomic mass is 10.1. The van der Waals surface area contributed by atoms with E-state index in [1.807, 2.05) is 14.1 Å². The molecule has 144 valence electrons. The molecule has 1 amide bonds. The van der Waals surface area contributed by atoms with Crippen LogP contribution in [0.5, 0.6) is 0 Å². The number of anilines is 1. The van der Waals surface area contributed by atoms with Crippen LogP contribution in [0.4, 0.5) is 5.69 Å². The van der Waals surface area contributed by atoms with E-state index in [-0.39, 0.29) is 11.9 Å². The topological polar surface area (TPSA) is 61.6 Å². The molecule has 1 aromatic heterocycles. The van der Waals surface area contributed by atoms with E-state index in [4.69, 9.17) is 4.52 Å². The van der Waals surface area contributed by atoms with Crippen molar-refractivity contribution in [3.63, 3.8) is 0 Å². The predicted molar refractivity (Wildman–Crippen MR) is 105 cm³/mol. The van der Waals surface area contributed by atoms with Gasteiger partial charge in [0.25, 0.3) is 5.91 Å². The summed E-state index contributed by atoms with van der Waals surface area (Å²) in [6.07, 6.45) is 2.28. The molecule has 2 fully saturated rings. The maximum Gasteiger partial charge on any atom is 0.273 e. The van der Waals surface area contributed by atoms with Gasteiger partial charge in [0, 0.05) is 57.4 Å². The number of aromatic nitrogens is 1. The van der Waals surface area contributed by atoms with Crippen molar-refractivity contribution < 1.29 is 9.32 Å². The van der Waals surface area contributed by atoms with Crippen molar-refractivity contribution in [2.45, 2.75) is 38.3 Å². The van der Waals surface area contributed by atoms with E-state index < -0.39 is 0 Å². The minimum atomic E-state index is -0.125. The molecule has 4 rings (SSSR count). The number of hydrogen-bond acceptors (Lipinski definition) is 5. The van der Waals surface area contributed by atoms with Crippen LogP contribution in [0, 0.1) is 5.92 Å². The van der Waals surface area contributed by atoms with Crippen LogP contribution in [0.1, 0.15) is 47.5 Å². The molecule has 1 aromatic carbocycles. The first kappa shape index (κ1) is 18.0. The largest absolute Gasteiger partial charge is 0.378 e. The van der Waals surface area contributed by atoms with Gasteiger partial charge in [0.1, 0.15) is 5.76 Å². The summed E-state index contributed by atoms with van der Waals surface area (Å²) in [5.41, 5.74) is 2.91. The number of nitrogens with zero attached hydrogens (tertiary/aromatic N) is 3. The third kappa shape index (κ3) is 4.16. The van der Waals surface area contributed by atoms with Gasteiger partial charge >= 0.3 is 0 Å². The van der Waals surface area contributed by atoms with Crippen LogP contribution in [0.2, 0.25) is 0 Å². The van der Waals surface area contributed by atoms with Crippen LogP contribution in [0.3, 0.4) is 0 Å². The lowest BCUT2D eigenvalue weighted by molar-refractivity contribution is 0.0922. The van der Waals surface area contributed by atoms with Gasteiger partial charge in [-0.25, -0.2) is 0 Å². The molecule has 2 aliphatic rings. The maximum absolute atomic E-state index is 12.5. The Labute approximate surface area is 160 Å². The summed E-state index contributed by atoms with van der Waals surface area (Å²) in [6, 6.07) is 10.6. The molecular weight excluding hydrogens is 340 g/mol. The van der Waals surface area contributed by atoms with Crippen molar-refractivity contribution in [1.29, 1.82) is 0 Å². The first-order valence-corrected chi connectivity index (χ1v) is 9.75. The van der Waals surface area contributed by atoms with Crippen LogP contribution >= 0.6 is 0 Å². The highest BCUT2D eigenvalue weighted by atomic mass is 16.5. The second-order valence-corrected chi connectivity index (χ2v) is 8.20. The Balaban J connectivity index is 1.32. The van der Waals surface area contributed by atoms with Gasteiger partial charge in [-0.2, -0.15) is 0 Å². The maximum atomic E-state index is 12.5. The Bertz CT molecular complexity index is 795. The predicted octanol–water partition coefficient (Wildman–Crippen LogP) is 2.87. The Hall–Kier alpha value is -2.34. The van der Waals surface area contributed by atoms with Gasteiger partial charge < -0.3 is 14.7 Å². The third-order valence-electron chi connectivity index (χ3n) is 5.60. The minimum absolute atomic E-state index is 0.125. The van der Waals surface area contributed by atoms with Crippen LogP contribution in [-0.4, -0.2) is 49.2 Å². The van der Waals surface area contributed by atoms with Gasteiger partial charge in [-0.3, -0.25) is 9.69 Å². The molecule has 6 heteroatoms. The number of likely N-dealkylation sites (tertiary alicyclic amines) is 1. The average molecular weight is 368 g/mol.